The summed E-state index contributed by atoms with van der Waals surface area (Å²) >= 11 is 0. The lowest BCUT2D eigenvalue weighted by atomic mass is 10.0. The van der Waals surface area contributed by atoms with Gasteiger partial charge in [0.1, 0.15) is 6.29 Å². The van der Waals surface area contributed by atoms with E-state index >= 15 is 0 Å². The quantitative estimate of drug-likeness (QED) is 0.693. The molecule has 0 N–H and O–H groups in total. The van der Waals surface area contributed by atoms with Gasteiger partial charge in [-0.2, -0.15) is 0 Å². The number of carbonyl (C=O) groups excluding carboxylic acids is 1. The van der Waals surface area contributed by atoms with E-state index in [4.69, 9.17) is 0 Å². The molecule has 0 aliphatic carbocycles. The van der Waals surface area contributed by atoms with Gasteiger partial charge >= 0.3 is 0 Å². The van der Waals surface area contributed by atoms with Gasteiger partial charge in [0.25, 0.3) is 0 Å². The van der Waals surface area contributed by atoms with E-state index in [1.54, 1.807) is 6.20 Å². The molecular formula is C13H11NO. The molecule has 0 aliphatic rings. The highest BCUT2D eigenvalue weighted by Gasteiger charge is 2.01. The van der Waals surface area contributed by atoms with Crippen molar-refractivity contribution in [1.82, 2.24) is 4.98 Å². The summed E-state index contributed by atoms with van der Waals surface area (Å²) in [5.41, 5.74) is 3.99. The van der Waals surface area contributed by atoms with Gasteiger partial charge in [-0.3, -0.25) is 9.78 Å². The van der Waals surface area contributed by atoms with Gasteiger partial charge in [-0.05, 0) is 30.2 Å². The fourth-order valence-electron chi connectivity index (χ4n) is 1.61. The first-order valence-electron chi connectivity index (χ1n) is 4.77. The van der Waals surface area contributed by atoms with Crippen molar-refractivity contribution in [2.45, 2.75) is 6.92 Å². The molecule has 2 heteroatoms. The maximum atomic E-state index is 10.6. The van der Waals surface area contributed by atoms with Crippen LogP contribution >= 0.6 is 0 Å². The summed E-state index contributed by atoms with van der Waals surface area (Å²) in [7, 11) is 0. The molecule has 74 valence electrons. The van der Waals surface area contributed by atoms with Crippen molar-refractivity contribution in [1.29, 1.82) is 0 Å². The molecule has 0 unspecified atom stereocenters. The van der Waals surface area contributed by atoms with Crippen molar-refractivity contribution < 1.29 is 4.79 Å². The number of carbonyl (C=O) groups is 1. The second-order valence-corrected chi connectivity index (χ2v) is 3.43. The average molecular weight is 197 g/mol. The van der Waals surface area contributed by atoms with Crippen molar-refractivity contribution in [3.05, 3.63) is 53.9 Å². The lowest BCUT2D eigenvalue weighted by molar-refractivity contribution is 0.112. The number of pyridine rings is 1. The van der Waals surface area contributed by atoms with Crippen LogP contribution in [0.2, 0.25) is 0 Å². The molecule has 0 saturated carbocycles. The number of benzene rings is 1. The highest BCUT2D eigenvalue weighted by Crippen LogP contribution is 2.22. The van der Waals surface area contributed by atoms with E-state index in [2.05, 4.69) is 4.98 Å². The van der Waals surface area contributed by atoms with Gasteiger partial charge < -0.3 is 0 Å². The zero-order valence-corrected chi connectivity index (χ0v) is 8.47. The minimum Gasteiger partial charge on any atom is -0.298 e. The summed E-state index contributed by atoms with van der Waals surface area (Å²) < 4.78 is 0. The molecule has 0 aliphatic heterocycles. The molecule has 0 saturated heterocycles. The van der Waals surface area contributed by atoms with E-state index in [9.17, 15) is 4.79 Å². The van der Waals surface area contributed by atoms with Gasteiger partial charge in [0.05, 0.1) is 0 Å². The Labute approximate surface area is 88.6 Å². The predicted molar refractivity (Wildman–Crippen MR) is 59.8 cm³/mol. The zero-order chi connectivity index (χ0) is 10.7. The fraction of sp³-hybridized carbons (Fsp3) is 0.0769. The molecule has 2 rings (SSSR count). The summed E-state index contributed by atoms with van der Waals surface area (Å²) in [6.07, 6.45) is 4.43. The number of nitrogens with zero attached hydrogens (tertiary/aromatic N) is 1. The Kier molecular flexibility index (Phi) is 2.59. The van der Waals surface area contributed by atoms with E-state index in [1.807, 2.05) is 43.5 Å². The average Bonchev–Trinajstić information content (AvgIpc) is 2.30. The monoisotopic (exact) mass is 197 g/mol. The van der Waals surface area contributed by atoms with E-state index in [0.29, 0.717) is 5.56 Å². The van der Waals surface area contributed by atoms with Crippen LogP contribution in [0.25, 0.3) is 11.1 Å². The molecule has 0 spiro atoms. The maximum absolute atomic E-state index is 10.6. The maximum Gasteiger partial charge on any atom is 0.150 e. The van der Waals surface area contributed by atoms with Crippen molar-refractivity contribution in [2.24, 2.45) is 0 Å². The Morgan fingerprint density at radius 3 is 2.73 bits per heavy atom. The van der Waals surface area contributed by atoms with Gasteiger partial charge in [-0.25, -0.2) is 0 Å². The van der Waals surface area contributed by atoms with Crippen LogP contribution < -0.4 is 0 Å². The van der Waals surface area contributed by atoms with Crippen LogP contribution in [-0.2, 0) is 0 Å². The normalized spacial score (nSPS) is 9.93. The molecule has 0 fully saturated rings. The Bertz CT molecular complexity index is 477. The lowest BCUT2D eigenvalue weighted by Crippen LogP contribution is -1.87. The van der Waals surface area contributed by atoms with Crippen molar-refractivity contribution >= 4 is 6.29 Å². The van der Waals surface area contributed by atoms with Gasteiger partial charge in [-0.1, -0.05) is 18.2 Å². The van der Waals surface area contributed by atoms with E-state index in [0.717, 1.165) is 23.0 Å². The summed E-state index contributed by atoms with van der Waals surface area (Å²) in [6.45, 7) is 2.00. The third-order valence-electron chi connectivity index (χ3n) is 2.36. The fourth-order valence-corrected chi connectivity index (χ4v) is 1.61. The first-order chi connectivity index (χ1) is 7.31. The van der Waals surface area contributed by atoms with E-state index in [1.165, 1.54) is 0 Å². The number of aromatic nitrogens is 1. The third kappa shape index (κ3) is 1.94. The van der Waals surface area contributed by atoms with Crippen molar-refractivity contribution in [3.8, 4) is 11.1 Å². The number of aryl methyl sites for hydroxylation is 1. The SMILES string of the molecule is Cc1cc(C=O)ccc1-c1cccnc1. The van der Waals surface area contributed by atoms with Crippen molar-refractivity contribution in [2.75, 3.05) is 0 Å². The van der Waals surface area contributed by atoms with Gasteiger partial charge in [0, 0.05) is 23.5 Å². The smallest absolute Gasteiger partial charge is 0.150 e. The predicted octanol–water partition coefficient (Wildman–Crippen LogP) is 2.87. The standard InChI is InChI=1S/C13H11NO/c1-10-7-11(9-15)4-5-13(10)12-3-2-6-14-8-12/h2-9H,1H3. The molecule has 15 heavy (non-hydrogen) atoms. The van der Waals surface area contributed by atoms with Crippen LogP contribution in [0.5, 0.6) is 0 Å². The number of aldehydes is 1. The Morgan fingerprint density at radius 2 is 2.13 bits per heavy atom. The molecule has 0 atom stereocenters. The van der Waals surface area contributed by atoms with Gasteiger partial charge in [0.15, 0.2) is 0 Å². The van der Waals surface area contributed by atoms with Crippen LogP contribution in [0.3, 0.4) is 0 Å². The van der Waals surface area contributed by atoms with Crippen LogP contribution in [0.1, 0.15) is 15.9 Å². The molecule has 1 aromatic heterocycles. The second kappa shape index (κ2) is 4.05. The highest BCUT2D eigenvalue weighted by atomic mass is 16.1. The minimum absolute atomic E-state index is 0.708. The van der Waals surface area contributed by atoms with Crippen LogP contribution in [0, 0.1) is 6.92 Å². The summed E-state index contributed by atoms with van der Waals surface area (Å²) in [5.74, 6) is 0. The molecule has 1 heterocycles. The Morgan fingerprint density at radius 1 is 1.27 bits per heavy atom. The third-order valence-corrected chi connectivity index (χ3v) is 2.36. The first kappa shape index (κ1) is 9.59. The van der Waals surface area contributed by atoms with Gasteiger partial charge in [0.2, 0.25) is 0 Å². The highest BCUT2D eigenvalue weighted by molar-refractivity contribution is 5.78. The number of hydrogen-bond donors (Lipinski definition) is 0. The molecule has 2 nitrogen and oxygen atoms in total. The van der Waals surface area contributed by atoms with E-state index < -0.39 is 0 Å². The molecule has 0 radical (unpaired) electrons. The number of hydrogen-bond acceptors (Lipinski definition) is 2. The van der Waals surface area contributed by atoms with Crippen LogP contribution in [-0.4, -0.2) is 11.3 Å². The zero-order valence-electron chi connectivity index (χ0n) is 8.47. The number of rotatable bonds is 2. The summed E-state index contributed by atoms with van der Waals surface area (Å²) in [4.78, 5) is 14.7. The molecular weight excluding hydrogens is 186 g/mol. The summed E-state index contributed by atoms with van der Waals surface area (Å²) in [5, 5.41) is 0. The largest absolute Gasteiger partial charge is 0.298 e. The first-order valence-corrected chi connectivity index (χ1v) is 4.77. The minimum atomic E-state index is 0.708. The lowest BCUT2D eigenvalue weighted by Gasteiger charge is -2.05. The molecule has 0 bridgehead atoms. The molecule has 1 aromatic carbocycles. The van der Waals surface area contributed by atoms with Crippen molar-refractivity contribution in [3.63, 3.8) is 0 Å². The topological polar surface area (TPSA) is 30.0 Å². The second-order valence-electron chi connectivity index (χ2n) is 3.43. The molecule has 0 amide bonds. The van der Waals surface area contributed by atoms with E-state index in [-0.39, 0.29) is 0 Å². The molecule has 2 aromatic rings. The Balaban J connectivity index is 2.51. The summed E-state index contributed by atoms with van der Waals surface area (Å²) in [6, 6.07) is 9.58. The Hall–Kier alpha value is -1.96. The van der Waals surface area contributed by atoms with Crippen LogP contribution in [0.15, 0.2) is 42.7 Å². The van der Waals surface area contributed by atoms with Crippen LogP contribution in [0.4, 0.5) is 0 Å². The van der Waals surface area contributed by atoms with Gasteiger partial charge in [-0.15, -0.1) is 0 Å².